The highest BCUT2D eigenvalue weighted by Crippen LogP contribution is 2.45. The van der Waals surface area contributed by atoms with Crippen LogP contribution in [0.15, 0.2) is 12.2 Å². The van der Waals surface area contributed by atoms with Crippen molar-refractivity contribution in [2.24, 2.45) is 0 Å². The van der Waals surface area contributed by atoms with E-state index in [0.717, 1.165) is 29.5 Å². The van der Waals surface area contributed by atoms with Crippen molar-refractivity contribution in [3.05, 3.63) is 12.2 Å². The van der Waals surface area contributed by atoms with E-state index in [1.807, 2.05) is 11.8 Å². The van der Waals surface area contributed by atoms with Crippen molar-refractivity contribution < 1.29 is 14.6 Å². The van der Waals surface area contributed by atoms with Gasteiger partial charge in [-0.1, -0.05) is 70.3 Å². The summed E-state index contributed by atoms with van der Waals surface area (Å²) >= 11 is 0. The molecule has 2 aliphatic heterocycles. The van der Waals surface area contributed by atoms with E-state index in [4.69, 9.17) is 4.74 Å². The molecule has 2 heterocycles. The predicted octanol–water partition coefficient (Wildman–Crippen LogP) is 6.13. The number of carbonyl (C=O) groups excluding carboxylic acids is 1. The third kappa shape index (κ3) is 4.67. The number of nitrogens with zero attached hydrogens (tertiary/aromatic N) is 1. The van der Waals surface area contributed by atoms with Crippen LogP contribution in [0.5, 0.6) is 0 Å². The SMILES string of the molecule is CCOC(=O)N1C2CCC1CC(O)(C/C=C/C[Si](C(C)C)(C(C)C)C(C)C)C2. The van der Waals surface area contributed by atoms with Gasteiger partial charge in [0, 0.05) is 12.1 Å². The number of carbonyl (C=O) groups is 1. The molecule has 2 aliphatic rings. The second kappa shape index (κ2) is 9.33. The molecule has 4 nitrogen and oxygen atoms in total. The van der Waals surface area contributed by atoms with E-state index < -0.39 is 13.7 Å². The van der Waals surface area contributed by atoms with Gasteiger partial charge in [0.05, 0.1) is 20.3 Å². The maximum Gasteiger partial charge on any atom is 0.410 e. The van der Waals surface area contributed by atoms with Gasteiger partial charge in [0.2, 0.25) is 0 Å². The Hall–Kier alpha value is -0.813. The summed E-state index contributed by atoms with van der Waals surface area (Å²) < 4.78 is 5.23. The molecule has 2 atom stereocenters. The first kappa shape index (κ1) is 23.5. The molecule has 1 amide bonds. The number of aliphatic hydroxyl groups is 1. The lowest BCUT2D eigenvalue weighted by molar-refractivity contribution is -0.0456. The van der Waals surface area contributed by atoms with Crippen LogP contribution in [-0.2, 0) is 4.74 Å². The van der Waals surface area contributed by atoms with Crippen molar-refractivity contribution in [2.75, 3.05) is 6.61 Å². The van der Waals surface area contributed by atoms with Crippen LogP contribution in [0.1, 0.15) is 80.6 Å². The largest absolute Gasteiger partial charge is 0.450 e. The van der Waals surface area contributed by atoms with Crippen LogP contribution in [0.2, 0.25) is 22.7 Å². The van der Waals surface area contributed by atoms with Crippen molar-refractivity contribution in [3.63, 3.8) is 0 Å². The number of hydrogen-bond acceptors (Lipinski definition) is 3. The van der Waals surface area contributed by atoms with E-state index in [1.54, 1.807) is 0 Å². The molecule has 5 heteroatoms. The number of amides is 1. The fourth-order valence-electron chi connectivity index (χ4n) is 6.28. The third-order valence-electron chi connectivity index (χ3n) is 7.69. The van der Waals surface area contributed by atoms with Gasteiger partial charge in [-0.25, -0.2) is 4.79 Å². The van der Waals surface area contributed by atoms with E-state index in [-0.39, 0.29) is 18.2 Å². The van der Waals surface area contributed by atoms with Crippen molar-refractivity contribution in [3.8, 4) is 0 Å². The highest BCUT2D eigenvalue weighted by atomic mass is 28.3. The Labute approximate surface area is 173 Å². The average Bonchev–Trinajstić information content (AvgIpc) is 2.87. The standard InChI is InChI=1S/C23H43NO3Si/c1-8-27-22(25)24-20-11-12-21(24)16-23(26,15-20)13-9-10-14-28(17(2)3,18(4)5)19(6)7/h9-10,17-21,26H,8,11-16H2,1-7H3/b10-9+. The lowest BCUT2D eigenvalue weighted by Gasteiger charge is -2.43. The van der Waals surface area contributed by atoms with Gasteiger partial charge in [-0.15, -0.1) is 0 Å². The molecule has 2 fully saturated rings. The molecule has 1 N–H and O–H groups in total. The maximum absolute atomic E-state index is 12.2. The van der Waals surface area contributed by atoms with Gasteiger partial charge in [-0.05, 0) is 45.1 Å². The molecule has 2 rings (SSSR count). The van der Waals surface area contributed by atoms with Crippen LogP contribution in [0, 0.1) is 0 Å². The summed E-state index contributed by atoms with van der Waals surface area (Å²) in [4.78, 5) is 14.1. The highest BCUT2D eigenvalue weighted by Gasteiger charge is 2.49. The van der Waals surface area contributed by atoms with Crippen LogP contribution < -0.4 is 0 Å². The fraction of sp³-hybridized carbons (Fsp3) is 0.870. The zero-order valence-corrected chi connectivity index (χ0v) is 20.2. The van der Waals surface area contributed by atoms with E-state index in [0.29, 0.717) is 25.9 Å². The smallest absolute Gasteiger partial charge is 0.410 e. The van der Waals surface area contributed by atoms with Crippen LogP contribution in [0.25, 0.3) is 0 Å². The first-order valence-corrected chi connectivity index (χ1v) is 13.8. The van der Waals surface area contributed by atoms with Crippen LogP contribution in [0.4, 0.5) is 4.79 Å². The first-order valence-electron chi connectivity index (χ1n) is 11.4. The molecule has 2 saturated heterocycles. The van der Waals surface area contributed by atoms with Crippen molar-refractivity contribution >= 4 is 14.2 Å². The molecule has 0 aromatic heterocycles. The third-order valence-corrected chi connectivity index (χ3v) is 15.1. The van der Waals surface area contributed by atoms with E-state index in [2.05, 4.69) is 53.7 Å². The number of ether oxygens (including phenoxy) is 1. The molecule has 0 spiro atoms. The van der Waals surface area contributed by atoms with E-state index in [1.165, 1.54) is 6.04 Å². The Kier molecular flexibility index (Phi) is 7.82. The summed E-state index contributed by atoms with van der Waals surface area (Å²) in [6.07, 6.45) is 8.42. The monoisotopic (exact) mass is 409 g/mol. The van der Waals surface area contributed by atoms with Crippen LogP contribution >= 0.6 is 0 Å². The van der Waals surface area contributed by atoms with Gasteiger partial charge in [-0.3, -0.25) is 0 Å². The number of piperidine rings is 1. The van der Waals surface area contributed by atoms with Gasteiger partial charge in [0.1, 0.15) is 0 Å². The van der Waals surface area contributed by atoms with Crippen molar-refractivity contribution in [1.82, 2.24) is 4.90 Å². The molecule has 2 unspecified atom stereocenters. The van der Waals surface area contributed by atoms with Crippen molar-refractivity contribution in [1.29, 1.82) is 0 Å². The minimum atomic E-state index is -1.43. The summed E-state index contributed by atoms with van der Waals surface area (Å²) in [7, 11) is -1.43. The molecular weight excluding hydrogens is 366 g/mol. The van der Waals surface area contributed by atoms with Gasteiger partial charge in [-0.2, -0.15) is 0 Å². The quantitative estimate of drug-likeness (QED) is 0.388. The van der Waals surface area contributed by atoms with Crippen molar-refractivity contribution in [2.45, 2.75) is 121 Å². The zero-order chi connectivity index (χ0) is 21.1. The normalized spacial score (nSPS) is 28.2. The Bertz CT molecular complexity index is 522. The second-order valence-corrected chi connectivity index (χ2v) is 16.2. The number of fused-ring (bicyclic) bond motifs is 2. The maximum atomic E-state index is 12.2. The number of rotatable bonds is 8. The minimum absolute atomic E-state index is 0.131. The lowest BCUT2D eigenvalue weighted by atomic mass is 9.83. The van der Waals surface area contributed by atoms with E-state index >= 15 is 0 Å². The Balaban J connectivity index is 2.00. The minimum Gasteiger partial charge on any atom is -0.450 e. The van der Waals surface area contributed by atoms with Crippen LogP contribution in [-0.4, -0.2) is 48.5 Å². The molecule has 0 saturated carbocycles. The highest BCUT2D eigenvalue weighted by molar-refractivity contribution is 6.83. The van der Waals surface area contributed by atoms with Gasteiger partial charge < -0.3 is 14.7 Å². The van der Waals surface area contributed by atoms with Gasteiger partial charge in [0.15, 0.2) is 0 Å². The van der Waals surface area contributed by atoms with E-state index in [9.17, 15) is 9.90 Å². The summed E-state index contributed by atoms with van der Waals surface area (Å²) in [5.74, 6) is 0. The Morgan fingerprint density at radius 3 is 2.00 bits per heavy atom. The average molecular weight is 410 g/mol. The molecule has 0 aromatic rings. The zero-order valence-electron chi connectivity index (χ0n) is 19.2. The Morgan fingerprint density at radius 2 is 1.57 bits per heavy atom. The predicted molar refractivity (Wildman–Crippen MR) is 119 cm³/mol. The lowest BCUT2D eigenvalue weighted by Crippen LogP contribution is -2.53. The molecule has 0 aliphatic carbocycles. The summed E-state index contributed by atoms with van der Waals surface area (Å²) in [5, 5.41) is 11.2. The molecule has 28 heavy (non-hydrogen) atoms. The molecule has 0 radical (unpaired) electrons. The summed E-state index contributed by atoms with van der Waals surface area (Å²) in [6.45, 7) is 16.7. The first-order chi connectivity index (χ1) is 13.1. The second-order valence-electron chi connectivity index (χ2n) is 10.1. The van der Waals surface area contributed by atoms with Gasteiger partial charge >= 0.3 is 6.09 Å². The molecule has 2 bridgehead atoms. The summed E-state index contributed by atoms with van der Waals surface area (Å²) in [5.41, 5.74) is 1.58. The summed E-state index contributed by atoms with van der Waals surface area (Å²) in [6, 6.07) is 1.45. The number of allylic oxidation sites excluding steroid dienone is 1. The number of hydrogen-bond donors (Lipinski definition) is 1. The fourth-order valence-corrected chi connectivity index (χ4v) is 12.3. The molecule has 0 aromatic carbocycles. The Morgan fingerprint density at radius 1 is 1.07 bits per heavy atom. The molecule has 162 valence electrons. The molecular formula is C23H43NO3Si. The van der Waals surface area contributed by atoms with Gasteiger partial charge in [0.25, 0.3) is 0 Å². The topological polar surface area (TPSA) is 49.8 Å². The van der Waals surface area contributed by atoms with Crippen LogP contribution in [0.3, 0.4) is 0 Å².